The zero-order valence-corrected chi connectivity index (χ0v) is 12.2. The normalized spacial score (nSPS) is 11.8. The van der Waals surface area contributed by atoms with Crippen LogP contribution >= 0.6 is 12.2 Å². The van der Waals surface area contributed by atoms with Crippen molar-refractivity contribution in [2.24, 2.45) is 0 Å². The molecular formula is C15H10N6S. The van der Waals surface area contributed by atoms with Gasteiger partial charge in [-0.1, -0.05) is 30.3 Å². The number of nitrogens with one attached hydrogen (secondary N) is 1. The number of imidazole rings is 1. The molecule has 0 saturated heterocycles. The molecule has 0 amide bonds. The van der Waals surface area contributed by atoms with Crippen molar-refractivity contribution in [3.63, 3.8) is 0 Å². The van der Waals surface area contributed by atoms with Gasteiger partial charge in [-0.15, -0.1) is 10.2 Å². The van der Waals surface area contributed by atoms with Crippen molar-refractivity contribution in [2.45, 2.75) is 0 Å². The van der Waals surface area contributed by atoms with Crippen LogP contribution < -0.4 is 0 Å². The molecule has 7 heteroatoms. The molecule has 0 unspecified atom stereocenters. The van der Waals surface area contributed by atoms with E-state index in [0.717, 1.165) is 22.5 Å². The average Bonchev–Trinajstić information content (AvgIpc) is 3.18. The highest BCUT2D eigenvalue weighted by molar-refractivity contribution is 7.71. The maximum Gasteiger partial charge on any atom is 0.258 e. The first-order valence-electron chi connectivity index (χ1n) is 6.85. The van der Waals surface area contributed by atoms with Gasteiger partial charge in [-0.05, 0) is 36.5 Å². The molecule has 5 rings (SSSR count). The van der Waals surface area contributed by atoms with E-state index in [1.807, 2.05) is 34.7 Å². The third kappa shape index (κ3) is 1.35. The first-order valence-corrected chi connectivity index (χ1v) is 7.26. The van der Waals surface area contributed by atoms with Crippen LogP contribution in [0.2, 0.25) is 0 Å². The second kappa shape index (κ2) is 4.05. The van der Waals surface area contributed by atoms with E-state index in [4.69, 9.17) is 12.2 Å². The Bertz CT molecular complexity index is 1190. The highest BCUT2D eigenvalue weighted by Crippen LogP contribution is 2.25. The molecule has 0 saturated carbocycles. The van der Waals surface area contributed by atoms with E-state index in [1.54, 1.807) is 4.52 Å². The molecule has 0 atom stereocenters. The molecule has 1 N–H and O–H groups in total. The second-order valence-corrected chi connectivity index (χ2v) is 5.42. The Balaban J connectivity index is 2.09. The fourth-order valence-electron chi connectivity index (χ4n) is 2.88. The van der Waals surface area contributed by atoms with Crippen LogP contribution in [0, 0.1) is 4.77 Å². The van der Waals surface area contributed by atoms with Crippen molar-refractivity contribution in [1.82, 2.24) is 28.8 Å². The number of H-pyrrole nitrogens is 1. The SMILES string of the molecule is S=c1[nH]nc2n1nc1n(-c3ccccc3)c3ccccc3n12. The van der Waals surface area contributed by atoms with Crippen molar-refractivity contribution in [1.29, 1.82) is 0 Å². The summed E-state index contributed by atoms with van der Waals surface area (Å²) in [6, 6.07) is 18.3. The average molecular weight is 306 g/mol. The van der Waals surface area contributed by atoms with Gasteiger partial charge in [0.1, 0.15) is 0 Å². The summed E-state index contributed by atoms with van der Waals surface area (Å²) in [4.78, 5) is 0. The third-order valence-electron chi connectivity index (χ3n) is 3.80. The minimum Gasteiger partial charge on any atom is -0.277 e. The summed E-state index contributed by atoms with van der Waals surface area (Å²) < 4.78 is 6.26. The van der Waals surface area contributed by atoms with Crippen molar-refractivity contribution in [2.75, 3.05) is 0 Å². The smallest absolute Gasteiger partial charge is 0.258 e. The number of benzene rings is 2. The molecular weight excluding hydrogens is 296 g/mol. The summed E-state index contributed by atoms with van der Waals surface area (Å²) >= 11 is 5.24. The van der Waals surface area contributed by atoms with Crippen molar-refractivity contribution in [3.8, 4) is 5.69 Å². The number of nitrogens with zero attached hydrogens (tertiary/aromatic N) is 5. The topological polar surface area (TPSA) is 55.3 Å². The molecule has 6 nitrogen and oxygen atoms in total. The van der Waals surface area contributed by atoms with Gasteiger partial charge in [0.05, 0.1) is 11.0 Å². The molecule has 0 aliphatic carbocycles. The molecule has 22 heavy (non-hydrogen) atoms. The Hall–Kier alpha value is -2.93. The Morgan fingerprint density at radius 3 is 2.41 bits per heavy atom. The molecule has 0 aliphatic rings. The summed E-state index contributed by atoms with van der Waals surface area (Å²) in [6.45, 7) is 0. The van der Waals surface area contributed by atoms with Gasteiger partial charge in [-0.25, -0.2) is 9.50 Å². The van der Waals surface area contributed by atoms with Crippen LogP contribution in [0.4, 0.5) is 0 Å². The molecule has 0 aliphatic heterocycles. The van der Waals surface area contributed by atoms with Gasteiger partial charge in [0.25, 0.3) is 5.78 Å². The van der Waals surface area contributed by atoms with Gasteiger partial charge in [0.2, 0.25) is 10.5 Å². The zero-order chi connectivity index (χ0) is 14.7. The van der Waals surface area contributed by atoms with Crippen LogP contribution in [0.5, 0.6) is 0 Å². The highest BCUT2D eigenvalue weighted by Gasteiger charge is 2.18. The van der Waals surface area contributed by atoms with Crippen LogP contribution in [-0.2, 0) is 0 Å². The maximum absolute atomic E-state index is 5.24. The van der Waals surface area contributed by atoms with Crippen molar-refractivity contribution >= 4 is 34.8 Å². The van der Waals surface area contributed by atoms with E-state index >= 15 is 0 Å². The minimum absolute atomic E-state index is 0.488. The lowest BCUT2D eigenvalue weighted by Crippen LogP contribution is -1.95. The lowest BCUT2D eigenvalue weighted by Gasteiger charge is -2.03. The van der Waals surface area contributed by atoms with E-state index in [-0.39, 0.29) is 0 Å². The van der Waals surface area contributed by atoms with Gasteiger partial charge in [0.15, 0.2) is 0 Å². The number of aromatic nitrogens is 6. The summed E-state index contributed by atoms with van der Waals surface area (Å²) in [5.41, 5.74) is 3.17. The predicted molar refractivity (Wildman–Crippen MR) is 86.0 cm³/mol. The third-order valence-corrected chi connectivity index (χ3v) is 4.06. The Morgan fingerprint density at radius 1 is 0.864 bits per heavy atom. The molecule has 3 aromatic heterocycles. The first-order chi connectivity index (χ1) is 10.8. The standard InChI is InChI=1S/C15H10N6S/c22-15-17-16-13-20-12-9-5-4-8-11(12)19(14(20)18-21(13)15)10-6-2-1-3-7-10/h1-9H,(H,17,22). The molecule has 0 radical (unpaired) electrons. The molecule has 3 heterocycles. The fraction of sp³-hybridized carbons (Fsp3) is 0. The lowest BCUT2D eigenvalue weighted by molar-refractivity contribution is 0.930. The quantitative estimate of drug-likeness (QED) is 0.484. The van der Waals surface area contributed by atoms with E-state index < -0.39 is 0 Å². The van der Waals surface area contributed by atoms with Gasteiger partial charge in [0, 0.05) is 5.69 Å². The van der Waals surface area contributed by atoms with Crippen LogP contribution in [0.3, 0.4) is 0 Å². The van der Waals surface area contributed by atoms with Gasteiger partial charge < -0.3 is 0 Å². The van der Waals surface area contributed by atoms with Gasteiger partial charge >= 0.3 is 0 Å². The van der Waals surface area contributed by atoms with Crippen LogP contribution in [0.1, 0.15) is 0 Å². The van der Waals surface area contributed by atoms with Crippen molar-refractivity contribution < 1.29 is 0 Å². The van der Waals surface area contributed by atoms with Gasteiger partial charge in [-0.2, -0.15) is 4.52 Å². The maximum atomic E-state index is 5.24. The van der Waals surface area contributed by atoms with E-state index in [9.17, 15) is 0 Å². The minimum atomic E-state index is 0.488. The fourth-order valence-corrected chi connectivity index (χ4v) is 3.05. The Kier molecular flexibility index (Phi) is 2.15. The lowest BCUT2D eigenvalue weighted by atomic mass is 10.3. The molecule has 106 valence electrons. The monoisotopic (exact) mass is 306 g/mol. The molecule has 2 aromatic carbocycles. The van der Waals surface area contributed by atoms with Gasteiger partial charge in [-0.3, -0.25) is 4.57 Å². The number of rotatable bonds is 1. The second-order valence-electron chi connectivity index (χ2n) is 5.04. The Morgan fingerprint density at radius 2 is 1.59 bits per heavy atom. The van der Waals surface area contributed by atoms with Crippen LogP contribution in [-0.4, -0.2) is 28.8 Å². The summed E-state index contributed by atoms with van der Waals surface area (Å²) in [6.07, 6.45) is 0. The number of para-hydroxylation sites is 3. The zero-order valence-electron chi connectivity index (χ0n) is 11.3. The first kappa shape index (κ1) is 11.7. The van der Waals surface area contributed by atoms with E-state index in [0.29, 0.717) is 10.5 Å². The predicted octanol–water partition coefficient (Wildman–Crippen LogP) is 2.98. The molecule has 0 bridgehead atoms. The largest absolute Gasteiger partial charge is 0.277 e. The highest BCUT2D eigenvalue weighted by atomic mass is 32.1. The number of hydrogen-bond acceptors (Lipinski definition) is 3. The number of hydrogen-bond donors (Lipinski definition) is 1. The summed E-state index contributed by atoms with van der Waals surface area (Å²) in [5.74, 6) is 1.47. The summed E-state index contributed by atoms with van der Waals surface area (Å²) in [5, 5.41) is 11.7. The van der Waals surface area contributed by atoms with Crippen LogP contribution in [0.25, 0.3) is 28.3 Å². The van der Waals surface area contributed by atoms with Crippen LogP contribution in [0.15, 0.2) is 54.6 Å². The summed E-state index contributed by atoms with van der Waals surface area (Å²) in [7, 11) is 0. The molecule has 5 aromatic rings. The van der Waals surface area contributed by atoms with E-state index in [2.05, 4.69) is 44.1 Å². The number of fused-ring (bicyclic) bond motifs is 5. The molecule has 0 fully saturated rings. The molecule has 0 spiro atoms. The number of aromatic amines is 1. The van der Waals surface area contributed by atoms with Crippen molar-refractivity contribution in [3.05, 3.63) is 59.4 Å². The van der Waals surface area contributed by atoms with E-state index in [1.165, 1.54) is 0 Å². The Labute approximate surface area is 129 Å².